The molecule has 0 saturated heterocycles. The Morgan fingerprint density at radius 3 is 1.68 bits per heavy atom. The highest BCUT2D eigenvalue weighted by Crippen LogP contribution is 2.49. The predicted octanol–water partition coefficient (Wildman–Crippen LogP) is 15.0. The van der Waals surface area contributed by atoms with E-state index < -0.39 is 0 Å². The Hall–Kier alpha value is -6.68. The fourth-order valence-corrected chi connectivity index (χ4v) is 8.95. The lowest BCUT2D eigenvalue weighted by atomic mass is 9.97. The van der Waals surface area contributed by atoms with Gasteiger partial charge in [-0.1, -0.05) is 146 Å². The molecule has 0 N–H and O–H groups in total. The molecule has 0 saturated carbocycles. The Morgan fingerprint density at radius 2 is 0.906 bits per heavy atom. The van der Waals surface area contributed by atoms with Gasteiger partial charge in [0.2, 0.25) is 0 Å². The van der Waals surface area contributed by atoms with Crippen LogP contribution >= 0.6 is 11.3 Å². The fraction of sp³-hybridized carbons (Fsp3) is 0. The van der Waals surface area contributed by atoms with Crippen LogP contribution in [0.4, 0.5) is 34.1 Å². The van der Waals surface area contributed by atoms with Crippen LogP contribution in [-0.4, -0.2) is 0 Å². The molecule has 0 aliphatic heterocycles. The van der Waals surface area contributed by atoms with Gasteiger partial charge in [-0.2, -0.15) is 0 Å². The first-order valence-electron chi connectivity index (χ1n) is 18.0. The molecular formula is C50H34N2S. The van der Waals surface area contributed by atoms with E-state index in [1.165, 1.54) is 52.8 Å². The number of fused-ring (bicyclic) bond motifs is 6. The van der Waals surface area contributed by atoms with Crippen molar-refractivity contribution in [1.29, 1.82) is 0 Å². The van der Waals surface area contributed by atoms with Gasteiger partial charge in [-0.3, -0.25) is 0 Å². The quantitative estimate of drug-likeness (QED) is 0.153. The van der Waals surface area contributed by atoms with Crippen molar-refractivity contribution in [2.45, 2.75) is 0 Å². The van der Waals surface area contributed by atoms with Crippen LogP contribution < -0.4 is 9.80 Å². The SMILES string of the molecule is c1ccc(-c2ccccc2N(c2cc(N(c3ccccc3)c3ccccc3)c3c(ccc4ccccc43)c2)c2ccc3c(c2)sc2ccccc23)cc1. The van der Waals surface area contributed by atoms with Crippen molar-refractivity contribution in [3.05, 3.63) is 206 Å². The van der Waals surface area contributed by atoms with Crippen molar-refractivity contribution in [3.8, 4) is 11.1 Å². The first kappa shape index (κ1) is 31.1. The van der Waals surface area contributed by atoms with Crippen LogP contribution in [0.15, 0.2) is 206 Å². The topological polar surface area (TPSA) is 6.48 Å². The van der Waals surface area contributed by atoms with Gasteiger partial charge in [-0.05, 0) is 82.4 Å². The Bertz CT molecular complexity index is 2860. The molecule has 0 bridgehead atoms. The first-order valence-corrected chi connectivity index (χ1v) is 18.8. The van der Waals surface area contributed by atoms with Crippen LogP contribution in [0.3, 0.4) is 0 Å². The third kappa shape index (κ3) is 5.50. The maximum Gasteiger partial charge on any atom is 0.0567 e. The monoisotopic (exact) mass is 694 g/mol. The lowest BCUT2D eigenvalue weighted by molar-refractivity contribution is 1.27. The number of hydrogen-bond acceptors (Lipinski definition) is 3. The van der Waals surface area contributed by atoms with E-state index in [1.54, 1.807) is 0 Å². The summed E-state index contributed by atoms with van der Waals surface area (Å²) in [6.07, 6.45) is 0. The van der Waals surface area contributed by atoms with Gasteiger partial charge in [0.05, 0.1) is 11.4 Å². The molecule has 0 atom stereocenters. The van der Waals surface area contributed by atoms with Crippen molar-refractivity contribution >= 4 is 87.2 Å². The largest absolute Gasteiger partial charge is 0.310 e. The molecule has 250 valence electrons. The number of thiophene rings is 1. The molecule has 1 heterocycles. The average molecular weight is 695 g/mol. The Kier molecular flexibility index (Phi) is 7.71. The molecule has 1 aromatic heterocycles. The van der Waals surface area contributed by atoms with Gasteiger partial charge >= 0.3 is 0 Å². The summed E-state index contributed by atoms with van der Waals surface area (Å²) < 4.78 is 2.57. The average Bonchev–Trinajstić information content (AvgIpc) is 3.60. The van der Waals surface area contributed by atoms with E-state index in [2.05, 4.69) is 216 Å². The molecule has 0 radical (unpaired) electrons. The van der Waals surface area contributed by atoms with Crippen LogP contribution in [0.5, 0.6) is 0 Å². The maximum atomic E-state index is 2.46. The van der Waals surface area contributed by atoms with Crippen molar-refractivity contribution in [3.63, 3.8) is 0 Å². The second kappa shape index (κ2) is 13.1. The summed E-state index contributed by atoms with van der Waals surface area (Å²) in [7, 11) is 0. The zero-order valence-corrected chi connectivity index (χ0v) is 29.7. The fourth-order valence-electron chi connectivity index (χ4n) is 7.81. The van der Waals surface area contributed by atoms with Gasteiger partial charge in [-0.25, -0.2) is 0 Å². The minimum absolute atomic E-state index is 1.09. The Labute approximate surface area is 313 Å². The van der Waals surface area contributed by atoms with E-state index in [0.717, 1.165) is 34.1 Å². The number of hydrogen-bond donors (Lipinski definition) is 0. The lowest BCUT2D eigenvalue weighted by Crippen LogP contribution is -2.14. The Morgan fingerprint density at radius 1 is 0.321 bits per heavy atom. The van der Waals surface area contributed by atoms with E-state index in [4.69, 9.17) is 0 Å². The second-order valence-electron chi connectivity index (χ2n) is 13.4. The van der Waals surface area contributed by atoms with Crippen molar-refractivity contribution in [2.24, 2.45) is 0 Å². The molecule has 0 fully saturated rings. The predicted molar refractivity (Wildman–Crippen MR) is 229 cm³/mol. The van der Waals surface area contributed by atoms with Crippen LogP contribution in [0.1, 0.15) is 0 Å². The molecule has 53 heavy (non-hydrogen) atoms. The van der Waals surface area contributed by atoms with Crippen molar-refractivity contribution in [1.82, 2.24) is 0 Å². The number of anilines is 6. The summed E-state index contributed by atoms with van der Waals surface area (Å²) in [4.78, 5) is 4.87. The molecule has 0 spiro atoms. The second-order valence-corrected chi connectivity index (χ2v) is 14.4. The van der Waals surface area contributed by atoms with Gasteiger partial charge < -0.3 is 9.80 Å². The molecule has 3 heteroatoms. The molecule has 2 nitrogen and oxygen atoms in total. The third-order valence-corrected chi connectivity index (χ3v) is 11.3. The van der Waals surface area contributed by atoms with Crippen LogP contribution in [0.2, 0.25) is 0 Å². The summed E-state index contributed by atoms with van der Waals surface area (Å²) in [5.74, 6) is 0. The van der Waals surface area contributed by atoms with Gasteiger partial charge in [0.1, 0.15) is 0 Å². The van der Waals surface area contributed by atoms with E-state index in [1.807, 2.05) is 11.3 Å². The van der Waals surface area contributed by atoms with Crippen molar-refractivity contribution < 1.29 is 0 Å². The molecule has 0 amide bonds. The molecule has 0 unspecified atom stereocenters. The molecule has 10 rings (SSSR count). The zero-order chi connectivity index (χ0) is 35.1. The number of benzene rings is 9. The van der Waals surface area contributed by atoms with E-state index in [9.17, 15) is 0 Å². The number of rotatable bonds is 7. The van der Waals surface area contributed by atoms with Gasteiger partial charge in [0, 0.05) is 53.9 Å². The summed E-state index contributed by atoms with van der Waals surface area (Å²) >= 11 is 1.86. The van der Waals surface area contributed by atoms with E-state index in [-0.39, 0.29) is 0 Å². The van der Waals surface area contributed by atoms with E-state index in [0.29, 0.717) is 0 Å². The summed E-state index contributed by atoms with van der Waals surface area (Å²) in [5.41, 5.74) is 9.01. The highest BCUT2D eigenvalue weighted by atomic mass is 32.1. The minimum Gasteiger partial charge on any atom is -0.310 e. The third-order valence-electron chi connectivity index (χ3n) is 10.2. The van der Waals surface area contributed by atoms with E-state index >= 15 is 0 Å². The smallest absolute Gasteiger partial charge is 0.0567 e. The Balaban J connectivity index is 1.30. The van der Waals surface area contributed by atoms with Gasteiger partial charge in [0.15, 0.2) is 0 Å². The highest BCUT2D eigenvalue weighted by molar-refractivity contribution is 7.25. The molecule has 0 aliphatic rings. The summed E-state index contributed by atoms with van der Waals surface area (Å²) in [5, 5.41) is 7.43. The summed E-state index contributed by atoms with van der Waals surface area (Å²) in [6.45, 7) is 0. The standard InChI is InChI=1S/C50H34N2S/c1-4-16-35(17-5-1)42-23-12-14-26-46(42)52(40-30-31-45-44-25-13-15-27-48(44)53-49(45)34-40)41-32-37-29-28-36-18-10-11-24-43(36)50(37)47(33-41)51(38-19-6-2-7-20-38)39-21-8-3-9-22-39/h1-34H. The zero-order valence-electron chi connectivity index (χ0n) is 28.9. The van der Waals surface area contributed by atoms with Crippen LogP contribution in [-0.2, 0) is 0 Å². The summed E-state index contributed by atoms with van der Waals surface area (Å²) in [6, 6.07) is 74.8. The highest BCUT2D eigenvalue weighted by Gasteiger charge is 2.23. The molecular weight excluding hydrogens is 661 g/mol. The molecule has 10 aromatic rings. The minimum atomic E-state index is 1.09. The number of para-hydroxylation sites is 3. The van der Waals surface area contributed by atoms with Gasteiger partial charge in [0.25, 0.3) is 0 Å². The molecule has 9 aromatic carbocycles. The van der Waals surface area contributed by atoms with Gasteiger partial charge in [-0.15, -0.1) is 11.3 Å². The number of nitrogens with zero attached hydrogens (tertiary/aromatic N) is 2. The van der Waals surface area contributed by atoms with Crippen molar-refractivity contribution in [2.75, 3.05) is 9.80 Å². The maximum absolute atomic E-state index is 2.46. The molecule has 0 aliphatic carbocycles. The lowest BCUT2D eigenvalue weighted by Gasteiger charge is -2.32. The normalized spacial score (nSPS) is 11.4. The van der Waals surface area contributed by atoms with Crippen LogP contribution in [0, 0.1) is 0 Å². The first-order chi connectivity index (χ1) is 26.3. The van der Waals surface area contributed by atoms with Crippen LogP contribution in [0.25, 0.3) is 52.8 Å².